The predicted octanol–water partition coefficient (Wildman–Crippen LogP) is 2.45. The van der Waals surface area contributed by atoms with Crippen LogP contribution < -0.4 is 10.5 Å². The zero-order valence-corrected chi connectivity index (χ0v) is 17.4. The van der Waals surface area contributed by atoms with E-state index in [1.54, 1.807) is 24.4 Å². The van der Waals surface area contributed by atoms with Gasteiger partial charge in [-0.3, -0.25) is 0 Å². The van der Waals surface area contributed by atoms with E-state index in [9.17, 15) is 13.7 Å². The summed E-state index contributed by atoms with van der Waals surface area (Å²) in [6, 6.07) is 10.4. The molecule has 150 valence electrons. The van der Waals surface area contributed by atoms with Crippen molar-refractivity contribution in [1.29, 1.82) is 5.26 Å². The summed E-state index contributed by atoms with van der Waals surface area (Å²) in [7, 11) is -3.69. The molecule has 3 aromatic rings. The smallest absolute Gasteiger partial charge is 0.238 e. The molecule has 8 nitrogen and oxygen atoms in total. The molecule has 29 heavy (non-hydrogen) atoms. The largest absolute Gasteiger partial charge is 0.354 e. The van der Waals surface area contributed by atoms with Gasteiger partial charge in [-0.25, -0.2) is 28.5 Å². The Hall–Kier alpha value is -2.87. The normalized spacial score (nSPS) is 12.3. The molecule has 0 aliphatic carbocycles. The van der Waals surface area contributed by atoms with Gasteiger partial charge in [-0.1, -0.05) is 19.1 Å². The van der Waals surface area contributed by atoms with Crippen molar-refractivity contribution >= 4 is 27.3 Å². The van der Waals surface area contributed by atoms with Gasteiger partial charge >= 0.3 is 0 Å². The second-order valence-corrected chi connectivity index (χ2v) is 8.71. The summed E-state index contributed by atoms with van der Waals surface area (Å²) in [5, 5.41) is 20.5. The molecule has 0 radical (unpaired) electrons. The number of nitriles is 1. The summed E-state index contributed by atoms with van der Waals surface area (Å²) < 4.78 is 22.6. The molecule has 1 unspecified atom stereocenters. The fraction of sp³-hybridized carbons (Fsp3) is 0.263. The van der Waals surface area contributed by atoms with E-state index in [-0.39, 0.29) is 4.90 Å². The summed E-state index contributed by atoms with van der Waals surface area (Å²) in [6.07, 6.45) is 3.08. The maximum Gasteiger partial charge on any atom is 0.238 e. The zero-order valence-electron chi connectivity index (χ0n) is 15.7. The highest BCUT2D eigenvalue weighted by Crippen LogP contribution is 2.26. The lowest BCUT2D eigenvalue weighted by atomic mass is 10.1. The highest BCUT2D eigenvalue weighted by atomic mass is 32.2. The average Bonchev–Trinajstić information content (AvgIpc) is 3.18. The van der Waals surface area contributed by atoms with Gasteiger partial charge in [-0.05, 0) is 36.6 Å². The van der Waals surface area contributed by atoms with E-state index in [1.165, 1.54) is 23.5 Å². The Morgan fingerprint density at radius 1 is 1.24 bits per heavy atom. The topological polar surface area (TPSA) is 135 Å². The van der Waals surface area contributed by atoms with Crippen molar-refractivity contribution in [3.8, 4) is 6.07 Å². The standard InChI is InChI=1S/C19H20N6O2S2/c1-2-14-12-28-18(24-14)16(11-20)17-8-10-23-19(25-17)22-9-7-13-3-5-15(6-4-13)29(21,26)27/h3-6,8,10,12,16H,2,7,9H2,1H3,(H2,21,26,27)(H,22,23,25). The van der Waals surface area contributed by atoms with Crippen LogP contribution in [0.2, 0.25) is 0 Å². The molecule has 0 amide bonds. The van der Waals surface area contributed by atoms with Crippen LogP contribution in [0.1, 0.15) is 34.8 Å². The average molecular weight is 429 g/mol. The molecule has 0 saturated carbocycles. The van der Waals surface area contributed by atoms with Gasteiger partial charge < -0.3 is 5.32 Å². The molecule has 0 fully saturated rings. The number of aryl methyl sites for hydroxylation is 1. The number of primary sulfonamides is 1. The molecular formula is C19H20N6O2S2. The van der Waals surface area contributed by atoms with Gasteiger partial charge in [-0.2, -0.15) is 5.26 Å². The summed E-state index contributed by atoms with van der Waals surface area (Å²) >= 11 is 1.46. The number of rotatable bonds is 8. The van der Waals surface area contributed by atoms with Crippen molar-refractivity contribution in [1.82, 2.24) is 15.0 Å². The molecule has 2 aromatic heterocycles. The van der Waals surface area contributed by atoms with Gasteiger partial charge in [0.15, 0.2) is 0 Å². The molecule has 0 spiro atoms. The highest BCUT2D eigenvalue weighted by molar-refractivity contribution is 7.89. The number of hydrogen-bond donors (Lipinski definition) is 2. The van der Waals surface area contributed by atoms with Crippen LogP contribution in [0.3, 0.4) is 0 Å². The number of benzene rings is 1. The first-order valence-electron chi connectivity index (χ1n) is 8.93. The van der Waals surface area contributed by atoms with E-state index in [4.69, 9.17) is 5.14 Å². The molecule has 2 heterocycles. The van der Waals surface area contributed by atoms with Crippen molar-refractivity contribution < 1.29 is 8.42 Å². The lowest BCUT2D eigenvalue weighted by molar-refractivity contribution is 0.598. The SMILES string of the molecule is CCc1csc(C(C#N)c2ccnc(NCCc3ccc(S(N)(=O)=O)cc3)n2)n1. The number of thiazole rings is 1. The number of anilines is 1. The fourth-order valence-electron chi connectivity index (χ4n) is 2.65. The molecule has 0 aliphatic heterocycles. The van der Waals surface area contributed by atoms with Crippen LogP contribution in [0.25, 0.3) is 0 Å². The van der Waals surface area contributed by atoms with Gasteiger partial charge in [0.05, 0.1) is 22.4 Å². The second kappa shape index (κ2) is 9.09. The third kappa shape index (κ3) is 5.35. The molecule has 0 saturated heterocycles. The van der Waals surface area contributed by atoms with E-state index >= 15 is 0 Å². The number of aromatic nitrogens is 3. The van der Waals surface area contributed by atoms with Gasteiger partial charge in [0.1, 0.15) is 10.9 Å². The Morgan fingerprint density at radius 2 is 2.00 bits per heavy atom. The van der Waals surface area contributed by atoms with Gasteiger partial charge in [0, 0.05) is 18.1 Å². The maximum absolute atomic E-state index is 11.3. The van der Waals surface area contributed by atoms with E-state index in [1.807, 2.05) is 12.3 Å². The van der Waals surface area contributed by atoms with Gasteiger partial charge in [0.25, 0.3) is 0 Å². The number of nitrogens with zero attached hydrogens (tertiary/aromatic N) is 4. The van der Waals surface area contributed by atoms with Crippen LogP contribution in [-0.2, 0) is 22.9 Å². The third-order valence-electron chi connectivity index (χ3n) is 4.23. The van der Waals surface area contributed by atoms with Crippen molar-refractivity contribution in [2.24, 2.45) is 5.14 Å². The van der Waals surface area contributed by atoms with Crippen LogP contribution in [-0.4, -0.2) is 29.9 Å². The number of sulfonamides is 1. The lowest BCUT2D eigenvalue weighted by Crippen LogP contribution is -2.12. The first kappa shape index (κ1) is 20.9. The summed E-state index contributed by atoms with van der Waals surface area (Å²) in [6.45, 7) is 2.57. The number of hydrogen-bond acceptors (Lipinski definition) is 8. The van der Waals surface area contributed by atoms with E-state index in [2.05, 4.69) is 26.3 Å². The molecule has 1 aromatic carbocycles. The first-order chi connectivity index (χ1) is 13.9. The molecule has 10 heteroatoms. The third-order valence-corrected chi connectivity index (χ3v) is 6.12. The molecule has 0 bridgehead atoms. The fourth-order valence-corrected chi connectivity index (χ4v) is 4.12. The van der Waals surface area contributed by atoms with Crippen molar-refractivity contribution in [2.75, 3.05) is 11.9 Å². The first-order valence-corrected chi connectivity index (χ1v) is 11.4. The minimum Gasteiger partial charge on any atom is -0.354 e. The minimum atomic E-state index is -3.69. The molecule has 3 rings (SSSR count). The van der Waals surface area contributed by atoms with Crippen LogP contribution in [0, 0.1) is 11.3 Å². The predicted molar refractivity (Wildman–Crippen MR) is 111 cm³/mol. The van der Waals surface area contributed by atoms with Gasteiger partial charge in [-0.15, -0.1) is 11.3 Å². The molecule has 1 atom stereocenters. The van der Waals surface area contributed by atoms with Crippen molar-refractivity contribution in [3.05, 3.63) is 63.9 Å². The number of nitrogens with one attached hydrogen (secondary N) is 1. The quantitative estimate of drug-likeness (QED) is 0.562. The Morgan fingerprint density at radius 3 is 2.62 bits per heavy atom. The summed E-state index contributed by atoms with van der Waals surface area (Å²) in [5.41, 5.74) is 2.51. The molecule has 0 aliphatic rings. The minimum absolute atomic E-state index is 0.0845. The Labute approximate surface area is 173 Å². The van der Waals surface area contributed by atoms with Crippen LogP contribution in [0.4, 0.5) is 5.95 Å². The van der Waals surface area contributed by atoms with Crippen LogP contribution >= 0.6 is 11.3 Å². The summed E-state index contributed by atoms with van der Waals surface area (Å²) in [5.74, 6) is -0.106. The number of nitrogens with two attached hydrogens (primary N) is 1. The molecular weight excluding hydrogens is 408 g/mol. The molecule has 3 N–H and O–H groups in total. The summed E-state index contributed by atoms with van der Waals surface area (Å²) in [4.78, 5) is 13.2. The maximum atomic E-state index is 11.3. The van der Waals surface area contributed by atoms with Crippen molar-refractivity contribution in [3.63, 3.8) is 0 Å². The van der Waals surface area contributed by atoms with Crippen LogP contribution in [0.5, 0.6) is 0 Å². The monoisotopic (exact) mass is 428 g/mol. The van der Waals surface area contributed by atoms with E-state index < -0.39 is 15.9 Å². The van der Waals surface area contributed by atoms with Crippen LogP contribution in [0.15, 0.2) is 46.8 Å². The zero-order chi connectivity index (χ0) is 20.9. The van der Waals surface area contributed by atoms with E-state index in [0.29, 0.717) is 24.6 Å². The Bertz CT molecular complexity index is 1120. The Kier molecular flexibility index (Phi) is 6.53. The second-order valence-electron chi connectivity index (χ2n) is 6.26. The van der Waals surface area contributed by atoms with Gasteiger partial charge in [0.2, 0.25) is 16.0 Å². The Balaban J connectivity index is 1.64. The van der Waals surface area contributed by atoms with E-state index in [0.717, 1.165) is 22.7 Å². The highest BCUT2D eigenvalue weighted by Gasteiger charge is 2.19. The lowest BCUT2D eigenvalue weighted by Gasteiger charge is -2.09. The van der Waals surface area contributed by atoms with Crippen molar-refractivity contribution in [2.45, 2.75) is 30.6 Å².